The molecule has 0 aliphatic heterocycles. The number of carbonyl (C=O) groups excluding carboxylic acids is 1. The van der Waals surface area contributed by atoms with Gasteiger partial charge in [0.15, 0.2) is 5.65 Å². The van der Waals surface area contributed by atoms with E-state index in [4.69, 9.17) is 11.6 Å². The average molecular weight is 405 g/mol. The summed E-state index contributed by atoms with van der Waals surface area (Å²) in [5.74, 6) is -1.02. The number of esters is 1. The van der Waals surface area contributed by atoms with Crippen molar-refractivity contribution < 1.29 is 22.7 Å². The zero-order valence-electron chi connectivity index (χ0n) is 13.4. The maximum atomic E-state index is 13.3. The Hall–Kier alpha value is -2.07. The van der Waals surface area contributed by atoms with Gasteiger partial charge in [-0.3, -0.25) is 9.20 Å². The zero-order chi connectivity index (χ0) is 18.9. The Morgan fingerprint density at radius 1 is 1.35 bits per heavy atom. The SMILES string of the molecule is COC(=O)CCCSc1nc2cc(Cl)ccc2n2c(C(F)(F)F)nnc12. The predicted octanol–water partition coefficient (Wildman–Crippen LogP) is 4.00. The minimum Gasteiger partial charge on any atom is -0.469 e. The van der Waals surface area contributed by atoms with Crippen LogP contribution < -0.4 is 0 Å². The number of aromatic nitrogens is 4. The summed E-state index contributed by atoms with van der Waals surface area (Å²) in [7, 11) is 1.29. The van der Waals surface area contributed by atoms with Crippen molar-refractivity contribution in [2.75, 3.05) is 12.9 Å². The van der Waals surface area contributed by atoms with Crippen molar-refractivity contribution in [1.82, 2.24) is 19.6 Å². The molecule has 0 fully saturated rings. The van der Waals surface area contributed by atoms with Crippen LogP contribution >= 0.6 is 23.4 Å². The fourth-order valence-corrected chi connectivity index (χ4v) is 3.43. The molecule has 0 bridgehead atoms. The second-order valence-corrected chi connectivity index (χ2v) is 6.78. The standard InChI is InChI=1S/C15H12ClF3N4O2S/c1-25-11(24)3-2-6-26-13-12-21-22-14(15(17,18)19)23(12)10-5-4-8(16)7-9(10)20-13/h4-5,7H,2-3,6H2,1H3. The molecule has 0 radical (unpaired) electrons. The number of nitrogens with zero attached hydrogens (tertiary/aromatic N) is 4. The molecule has 0 N–H and O–H groups in total. The molecule has 138 valence electrons. The van der Waals surface area contributed by atoms with Crippen molar-refractivity contribution in [3.05, 3.63) is 29.0 Å². The third kappa shape index (κ3) is 3.70. The van der Waals surface area contributed by atoms with Crippen LogP contribution in [-0.4, -0.2) is 38.4 Å². The first-order valence-electron chi connectivity index (χ1n) is 7.42. The Balaban J connectivity index is 2.04. The molecule has 0 amide bonds. The van der Waals surface area contributed by atoms with Gasteiger partial charge < -0.3 is 4.74 Å². The number of ether oxygens (including phenoxy) is 1. The van der Waals surface area contributed by atoms with Gasteiger partial charge in [-0.05, 0) is 24.6 Å². The number of carbonyl (C=O) groups is 1. The van der Waals surface area contributed by atoms with E-state index in [1.54, 1.807) is 0 Å². The molecule has 0 unspecified atom stereocenters. The molecule has 3 rings (SSSR count). The van der Waals surface area contributed by atoms with E-state index >= 15 is 0 Å². The van der Waals surface area contributed by atoms with Crippen LogP contribution in [0.1, 0.15) is 18.7 Å². The number of alkyl halides is 3. The van der Waals surface area contributed by atoms with E-state index in [2.05, 4.69) is 19.9 Å². The Morgan fingerprint density at radius 2 is 2.12 bits per heavy atom. The van der Waals surface area contributed by atoms with Gasteiger partial charge in [-0.15, -0.1) is 22.0 Å². The quantitative estimate of drug-likeness (QED) is 0.364. The van der Waals surface area contributed by atoms with Crippen LogP contribution in [0.15, 0.2) is 23.2 Å². The fourth-order valence-electron chi connectivity index (χ4n) is 2.35. The van der Waals surface area contributed by atoms with E-state index in [-0.39, 0.29) is 28.6 Å². The highest BCUT2D eigenvalue weighted by atomic mass is 35.5. The van der Waals surface area contributed by atoms with Crippen molar-refractivity contribution in [2.45, 2.75) is 24.0 Å². The lowest BCUT2D eigenvalue weighted by Crippen LogP contribution is -2.11. The third-order valence-electron chi connectivity index (χ3n) is 3.50. The normalized spacial score (nSPS) is 12.0. The predicted molar refractivity (Wildman–Crippen MR) is 90.3 cm³/mol. The number of benzene rings is 1. The molecule has 2 aromatic heterocycles. The van der Waals surface area contributed by atoms with Gasteiger partial charge in [-0.1, -0.05) is 11.6 Å². The minimum atomic E-state index is -4.67. The third-order valence-corrected chi connectivity index (χ3v) is 4.78. The van der Waals surface area contributed by atoms with E-state index in [0.29, 0.717) is 22.7 Å². The van der Waals surface area contributed by atoms with Gasteiger partial charge in [0.25, 0.3) is 0 Å². The topological polar surface area (TPSA) is 69.4 Å². The minimum absolute atomic E-state index is 0.00946. The first-order chi connectivity index (χ1) is 12.3. The molecule has 0 saturated heterocycles. The molecule has 0 aliphatic carbocycles. The summed E-state index contributed by atoms with van der Waals surface area (Å²) >= 11 is 7.14. The molecule has 0 saturated carbocycles. The smallest absolute Gasteiger partial charge is 0.452 e. The molecule has 3 aromatic rings. The first kappa shape index (κ1) is 18.7. The number of thioether (sulfide) groups is 1. The number of rotatable bonds is 5. The van der Waals surface area contributed by atoms with Gasteiger partial charge >= 0.3 is 12.1 Å². The highest BCUT2D eigenvalue weighted by Crippen LogP contribution is 2.33. The zero-order valence-corrected chi connectivity index (χ0v) is 15.0. The molecule has 11 heteroatoms. The van der Waals surface area contributed by atoms with Crippen molar-refractivity contribution in [3.8, 4) is 0 Å². The highest BCUT2D eigenvalue weighted by Gasteiger charge is 2.38. The van der Waals surface area contributed by atoms with Crippen molar-refractivity contribution >= 4 is 46.0 Å². The molecule has 2 heterocycles. The Bertz CT molecular complexity index is 977. The van der Waals surface area contributed by atoms with E-state index in [1.807, 2.05) is 0 Å². The number of hydrogen-bond acceptors (Lipinski definition) is 6. The van der Waals surface area contributed by atoms with Crippen LogP contribution in [0.2, 0.25) is 5.02 Å². The van der Waals surface area contributed by atoms with Crippen molar-refractivity contribution in [1.29, 1.82) is 0 Å². The van der Waals surface area contributed by atoms with Crippen molar-refractivity contribution in [2.24, 2.45) is 0 Å². The van der Waals surface area contributed by atoms with Crippen LogP contribution in [0, 0.1) is 0 Å². The van der Waals surface area contributed by atoms with Gasteiger partial charge in [-0.25, -0.2) is 4.98 Å². The van der Waals surface area contributed by atoms with Gasteiger partial charge in [0, 0.05) is 17.2 Å². The summed E-state index contributed by atoms with van der Waals surface area (Å²) in [6.45, 7) is 0. The average Bonchev–Trinajstić information content (AvgIpc) is 3.03. The van der Waals surface area contributed by atoms with E-state index < -0.39 is 12.0 Å². The Kier molecular flexibility index (Phi) is 5.24. The van der Waals surface area contributed by atoms with Gasteiger partial charge in [0.2, 0.25) is 5.82 Å². The second kappa shape index (κ2) is 7.28. The number of halogens is 4. The molecule has 1 aromatic carbocycles. The fraction of sp³-hybridized carbons (Fsp3) is 0.333. The lowest BCUT2D eigenvalue weighted by molar-refractivity contribution is -0.145. The molecular weight excluding hydrogens is 393 g/mol. The Labute approximate surface area is 154 Å². The summed E-state index contributed by atoms with van der Waals surface area (Å²) in [6.07, 6.45) is -3.97. The second-order valence-electron chi connectivity index (χ2n) is 5.26. The maximum absolute atomic E-state index is 13.3. The molecule has 26 heavy (non-hydrogen) atoms. The van der Waals surface area contributed by atoms with E-state index in [1.165, 1.54) is 37.1 Å². The summed E-state index contributed by atoms with van der Waals surface area (Å²) in [5, 5.41) is 7.61. The number of methoxy groups -OCH3 is 1. The summed E-state index contributed by atoms with van der Waals surface area (Å²) in [4.78, 5) is 15.5. The molecule has 6 nitrogen and oxygen atoms in total. The Morgan fingerprint density at radius 3 is 2.81 bits per heavy atom. The largest absolute Gasteiger partial charge is 0.469 e. The molecule has 0 aliphatic rings. The monoisotopic (exact) mass is 404 g/mol. The van der Waals surface area contributed by atoms with E-state index in [0.717, 1.165) is 4.40 Å². The first-order valence-corrected chi connectivity index (χ1v) is 8.79. The number of hydrogen-bond donors (Lipinski definition) is 0. The highest BCUT2D eigenvalue weighted by molar-refractivity contribution is 7.99. The summed E-state index contributed by atoms with van der Waals surface area (Å²) in [5.41, 5.74) is 0.515. The van der Waals surface area contributed by atoms with Gasteiger partial charge in [0.05, 0.1) is 18.1 Å². The lowest BCUT2D eigenvalue weighted by atomic mass is 10.3. The van der Waals surface area contributed by atoms with Crippen LogP contribution in [0.5, 0.6) is 0 Å². The lowest BCUT2D eigenvalue weighted by Gasteiger charge is -2.10. The van der Waals surface area contributed by atoms with Crippen LogP contribution in [0.3, 0.4) is 0 Å². The van der Waals surface area contributed by atoms with Crippen LogP contribution in [0.4, 0.5) is 13.2 Å². The molecule has 0 spiro atoms. The molecule has 0 atom stereocenters. The van der Waals surface area contributed by atoms with Gasteiger partial charge in [-0.2, -0.15) is 13.2 Å². The van der Waals surface area contributed by atoms with Gasteiger partial charge in [0.1, 0.15) is 5.03 Å². The van der Waals surface area contributed by atoms with Crippen LogP contribution in [-0.2, 0) is 15.7 Å². The maximum Gasteiger partial charge on any atom is 0.452 e. The van der Waals surface area contributed by atoms with Crippen LogP contribution in [0.25, 0.3) is 16.7 Å². The number of fused-ring (bicyclic) bond motifs is 3. The molecular formula is C15H12ClF3N4O2S. The summed E-state index contributed by atoms with van der Waals surface area (Å²) in [6, 6.07) is 4.41. The van der Waals surface area contributed by atoms with Crippen molar-refractivity contribution in [3.63, 3.8) is 0 Å². The summed E-state index contributed by atoms with van der Waals surface area (Å²) < 4.78 is 45.4. The van der Waals surface area contributed by atoms with E-state index in [9.17, 15) is 18.0 Å².